The van der Waals surface area contributed by atoms with E-state index >= 15 is 0 Å². The van der Waals surface area contributed by atoms with Gasteiger partial charge < -0.3 is 20.7 Å². The van der Waals surface area contributed by atoms with Crippen molar-refractivity contribution in [2.24, 2.45) is 0 Å². The molecule has 0 spiro atoms. The minimum Gasteiger partial charge on any atom is -0.444 e. The molecule has 0 saturated carbocycles. The number of hydrogen-bond donors (Lipinski definition) is 3. The number of hydrogen-bond acceptors (Lipinski definition) is 5. The van der Waals surface area contributed by atoms with E-state index in [1.807, 2.05) is 0 Å². The third-order valence-corrected chi connectivity index (χ3v) is 3.03. The van der Waals surface area contributed by atoms with Gasteiger partial charge in [0.15, 0.2) is 5.82 Å². The number of anilines is 2. The van der Waals surface area contributed by atoms with Gasteiger partial charge in [-0.1, -0.05) is 0 Å². The van der Waals surface area contributed by atoms with Gasteiger partial charge in [0, 0.05) is 17.2 Å². The number of rotatable bonds is 1. The lowest BCUT2D eigenvalue weighted by atomic mass is 10.2. The van der Waals surface area contributed by atoms with Gasteiger partial charge in [0.2, 0.25) is 5.91 Å². The molecular formula is C13H17BrN4O3. The van der Waals surface area contributed by atoms with Gasteiger partial charge in [-0.15, -0.1) is 0 Å². The first-order chi connectivity index (χ1) is 9.74. The van der Waals surface area contributed by atoms with Crippen LogP contribution in [-0.4, -0.2) is 35.2 Å². The Morgan fingerprint density at radius 1 is 1.52 bits per heavy atom. The average molecular weight is 357 g/mol. The summed E-state index contributed by atoms with van der Waals surface area (Å²) in [6.07, 6.45) is 0.951. The number of nitrogens with zero attached hydrogens (tertiary/aromatic N) is 1. The molecule has 1 aliphatic heterocycles. The van der Waals surface area contributed by atoms with Crippen molar-refractivity contribution in [1.82, 2.24) is 10.3 Å². The molecule has 2 amide bonds. The van der Waals surface area contributed by atoms with Gasteiger partial charge in [-0.25, -0.2) is 9.78 Å². The summed E-state index contributed by atoms with van der Waals surface area (Å²) >= 11 is 3.31. The highest BCUT2D eigenvalue weighted by Crippen LogP contribution is 2.25. The van der Waals surface area contributed by atoms with Crippen LogP contribution in [0.1, 0.15) is 20.8 Å². The van der Waals surface area contributed by atoms with Gasteiger partial charge in [0.25, 0.3) is 0 Å². The predicted molar refractivity (Wildman–Crippen MR) is 82.2 cm³/mol. The molecule has 7 nitrogen and oxygen atoms in total. The van der Waals surface area contributed by atoms with Gasteiger partial charge in [-0.3, -0.25) is 4.79 Å². The maximum Gasteiger partial charge on any atom is 0.408 e. The molecule has 0 unspecified atom stereocenters. The fourth-order valence-electron chi connectivity index (χ4n) is 1.75. The van der Waals surface area contributed by atoms with Gasteiger partial charge >= 0.3 is 6.09 Å². The summed E-state index contributed by atoms with van der Waals surface area (Å²) in [5.41, 5.74) is 0.0693. The molecule has 114 valence electrons. The Morgan fingerprint density at radius 2 is 2.24 bits per heavy atom. The highest BCUT2D eigenvalue weighted by atomic mass is 79.9. The molecule has 21 heavy (non-hydrogen) atoms. The Labute approximate surface area is 131 Å². The van der Waals surface area contributed by atoms with Crippen molar-refractivity contribution in [3.05, 3.63) is 16.7 Å². The molecule has 2 heterocycles. The quantitative estimate of drug-likeness (QED) is 0.716. The Balaban J connectivity index is 2.05. The number of nitrogens with one attached hydrogen (secondary N) is 3. The van der Waals surface area contributed by atoms with E-state index in [4.69, 9.17) is 4.74 Å². The van der Waals surface area contributed by atoms with Crippen LogP contribution < -0.4 is 16.0 Å². The lowest BCUT2D eigenvalue weighted by molar-refractivity contribution is -0.117. The molecule has 1 aliphatic rings. The summed E-state index contributed by atoms with van der Waals surface area (Å²) in [6.45, 7) is 5.52. The smallest absolute Gasteiger partial charge is 0.408 e. The number of alkyl carbamates (subject to hydrolysis) is 1. The topological polar surface area (TPSA) is 92.3 Å². The molecule has 0 aromatic carbocycles. The molecule has 0 radical (unpaired) electrons. The summed E-state index contributed by atoms with van der Waals surface area (Å²) in [4.78, 5) is 28.0. The molecular weight excluding hydrogens is 340 g/mol. The minimum atomic E-state index is -0.743. The highest BCUT2D eigenvalue weighted by Gasteiger charge is 2.27. The largest absolute Gasteiger partial charge is 0.444 e. The van der Waals surface area contributed by atoms with Crippen molar-refractivity contribution in [3.8, 4) is 0 Å². The lowest BCUT2D eigenvalue weighted by Gasteiger charge is -2.22. The van der Waals surface area contributed by atoms with Crippen LogP contribution in [0, 0.1) is 0 Å². The molecule has 0 aliphatic carbocycles. The van der Waals surface area contributed by atoms with Crippen molar-refractivity contribution >= 4 is 39.4 Å². The molecule has 1 atom stereocenters. The zero-order valence-electron chi connectivity index (χ0n) is 12.0. The zero-order valence-corrected chi connectivity index (χ0v) is 13.6. The number of aromatic nitrogens is 1. The van der Waals surface area contributed by atoms with E-state index in [1.165, 1.54) is 0 Å². The zero-order chi connectivity index (χ0) is 15.6. The predicted octanol–water partition coefficient (Wildman–Crippen LogP) is 2.10. The molecule has 8 heteroatoms. The second-order valence-electron chi connectivity index (χ2n) is 5.62. The number of ether oxygens (including phenoxy) is 1. The molecule has 0 saturated heterocycles. The van der Waals surface area contributed by atoms with E-state index in [-0.39, 0.29) is 12.5 Å². The van der Waals surface area contributed by atoms with E-state index in [2.05, 4.69) is 36.9 Å². The molecule has 2 rings (SSSR count). The van der Waals surface area contributed by atoms with Gasteiger partial charge in [0.1, 0.15) is 11.6 Å². The minimum absolute atomic E-state index is 0.246. The number of fused-ring (bicyclic) bond motifs is 1. The van der Waals surface area contributed by atoms with Crippen LogP contribution in [0.4, 0.5) is 16.3 Å². The van der Waals surface area contributed by atoms with E-state index in [0.717, 1.165) is 4.47 Å². The first-order valence-corrected chi connectivity index (χ1v) is 7.24. The summed E-state index contributed by atoms with van der Waals surface area (Å²) < 4.78 is 5.94. The highest BCUT2D eigenvalue weighted by molar-refractivity contribution is 9.10. The number of pyridine rings is 1. The van der Waals surface area contributed by atoms with E-state index < -0.39 is 17.7 Å². The Hall–Kier alpha value is -1.83. The standard InChI is InChI=1S/C13H17BrN4O3/c1-13(2,3)21-12(20)17-9-6-15-8-4-7(14)5-16-10(8)18-11(9)19/h4-5,9,15H,6H2,1-3H3,(H,17,20)(H,16,18,19)/t9-/m0/s1. The second kappa shape index (κ2) is 5.88. The van der Waals surface area contributed by atoms with Crippen LogP contribution in [0.2, 0.25) is 0 Å². The van der Waals surface area contributed by atoms with Crippen molar-refractivity contribution in [2.45, 2.75) is 32.4 Å². The third-order valence-electron chi connectivity index (χ3n) is 2.60. The summed E-state index contributed by atoms with van der Waals surface area (Å²) in [5, 5.41) is 8.27. The number of amides is 2. The van der Waals surface area contributed by atoms with Crippen molar-refractivity contribution in [1.29, 1.82) is 0 Å². The molecule has 1 aromatic rings. The first kappa shape index (κ1) is 15.6. The Morgan fingerprint density at radius 3 is 2.90 bits per heavy atom. The molecule has 0 bridgehead atoms. The van der Waals surface area contributed by atoms with Crippen LogP contribution in [0.15, 0.2) is 16.7 Å². The monoisotopic (exact) mass is 356 g/mol. The van der Waals surface area contributed by atoms with Crippen molar-refractivity contribution in [3.63, 3.8) is 0 Å². The number of carbonyl (C=O) groups excluding carboxylic acids is 2. The number of carbonyl (C=O) groups is 2. The fourth-order valence-corrected chi connectivity index (χ4v) is 2.08. The average Bonchev–Trinajstić information content (AvgIpc) is 2.48. The van der Waals surface area contributed by atoms with Crippen LogP contribution >= 0.6 is 15.9 Å². The lowest BCUT2D eigenvalue weighted by Crippen LogP contribution is -2.48. The van der Waals surface area contributed by atoms with Gasteiger partial charge in [-0.2, -0.15) is 0 Å². The molecule has 3 N–H and O–H groups in total. The van der Waals surface area contributed by atoms with Crippen LogP contribution in [0.3, 0.4) is 0 Å². The Kier molecular flexibility index (Phi) is 4.36. The summed E-state index contributed by atoms with van der Waals surface area (Å²) in [7, 11) is 0. The molecule has 1 aromatic heterocycles. The number of halogens is 1. The first-order valence-electron chi connectivity index (χ1n) is 6.44. The van der Waals surface area contributed by atoms with E-state index in [1.54, 1.807) is 33.0 Å². The second-order valence-corrected chi connectivity index (χ2v) is 6.53. The fraction of sp³-hybridized carbons (Fsp3) is 0.462. The van der Waals surface area contributed by atoms with Gasteiger partial charge in [-0.05, 0) is 42.8 Å². The third kappa shape index (κ3) is 4.32. The van der Waals surface area contributed by atoms with Crippen LogP contribution in [0.25, 0.3) is 0 Å². The summed E-state index contributed by atoms with van der Waals surface area (Å²) in [6, 6.07) is 1.06. The maximum atomic E-state index is 12.1. The Bertz CT molecular complexity index is 571. The summed E-state index contributed by atoms with van der Waals surface area (Å²) in [5.74, 6) is 0.0821. The van der Waals surface area contributed by atoms with Crippen molar-refractivity contribution in [2.75, 3.05) is 17.2 Å². The van der Waals surface area contributed by atoms with Crippen molar-refractivity contribution < 1.29 is 14.3 Å². The normalized spacial score (nSPS) is 17.9. The van der Waals surface area contributed by atoms with E-state index in [0.29, 0.717) is 11.5 Å². The van der Waals surface area contributed by atoms with Crippen LogP contribution in [-0.2, 0) is 9.53 Å². The SMILES string of the molecule is CC(C)(C)OC(=O)N[C@H]1CNc2cc(Br)cnc2NC1=O. The molecule has 0 fully saturated rings. The van der Waals surface area contributed by atoms with E-state index in [9.17, 15) is 9.59 Å². The van der Waals surface area contributed by atoms with Gasteiger partial charge in [0.05, 0.1) is 5.69 Å². The maximum absolute atomic E-state index is 12.1. The van der Waals surface area contributed by atoms with Crippen LogP contribution in [0.5, 0.6) is 0 Å².